The van der Waals surface area contributed by atoms with Crippen molar-refractivity contribution in [1.82, 2.24) is 9.88 Å². The first-order chi connectivity index (χ1) is 9.81. The van der Waals surface area contributed by atoms with Crippen LogP contribution in [0.2, 0.25) is 0 Å². The summed E-state index contributed by atoms with van der Waals surface area (Å²) in [6, 6.07) is 5.96. The van der Waals surface area contributed by atoms with Crippen molar-refractivity contribution in [3.63, 3.8) is 0 Å². The highest BCUT2D eigenvalue weighted by atomic mass is 32.1. The molecule has 1 N–H and O–H groups in total. The fraction of sp³-hybridized carbons (Fsp3) is 0.467. The van der Waals surface area contributed by atoms with Gasteiger partial charge in [-0.1, -0.05) is 6.07 Å². The fourth-order valence-electron chi connectivity index (χ4n) is 3.47. The lowest BCUT2D eigenvalue weighted by Gasteiger charge is -2.43. The Bertz CT molecular complexity index is 645. The van der Waals surface area contributed by atoms with Gasteiger partial charge in [-0.3, -0.25) is 4.79 Å². The van der Waals surface area contributed by atoms with Gasteiger partial charge in [-0.25, -0.2) is 4.98 Å². The quantitative estimate of drug-likeness (QED) is 0.923. The average Bonchev–Trinajstić information content (AvgIpc) is 2.98. The molecule has 2 aromatic rings. The second kappa shape index (κ2) is 4.82. The number of fused-ring (bicyclic) bond motifs is 4. The van der Waals surface area contributed by atoms with Crippen LogP contribution in [0.4, 0.5) is 5.69 Å². The molecule has 3 saturated heterocycles. The first-order valence-electron chi connectivity index (χ1n) is 7.17. The minimum absolute atomic E-state index is 0.145. The Kier molecular flexibility index (Phi) is 2.97. The van der Waals surface area contributed by atoms with Gasteiger partial charge in [0.25, 0.3) is 0 Å². The summed E-state index contributed by atoms with van der Waals surface area (Å²) in [6.45, 7) is 3.25. The van der Waals surface area contributed by atoms with E-state index in [1.807, 2.05) is 23.7 Å². The molecule has 4 nitrogen and oxygen atoms in total. The van der Waals surface area contributed by atoms with Crippen LogP contribution >= 0.6 is 11.3 Å². The number of piperidine rings is 3. The van der Waals surface area contributed by atoms with E-state index >= 15 is 0 Å². The molecule has 3 aliphatic heterocycles. The lowest BCUT2D eigenvalue weighted by Crippen LogP contribution is -2.51. The predicted octanol–water partition coefficient (Wildman–Crippen LogP) is 2.58. The van der Waals surface area contributed by atoms with Gasteiger partial charge in [0, 0.05) is 6.54 Å². The number of carbonyl (C=O) groups excluding carboxylic acids is 1. The standard InChI is InChI=1S/C15H17N3OS/c19-15(11-8-18-6-4-10(11)5-7-18)17-12-2-1-3-13-14(12)16-9-20-13/h1-3,9-11H,4-8H2,(H,17,19)/t11-/m1/s1. The lowest BCUT2D eigenvalue weighted by atomic mass is 9.78. The summed E-state index contributed by atoms with van der Waals surface area (Å²) in [5, 5.41) is 3.10. The number of hydrogen-bond donors (Lipinski definition) is 1. The molecule has 5 rings (SSSR count). The summed E-state index contributed by atoms with van der Waals surface area (Å²) in [5.74, 6) is 0.876. The van der Waals surface area contributed by atoms with Crippen molar-refractivity contribution in [2.24, 2.45) is 11.8 Å². The SMILES string of the molecule is O=C(Nc1cccc2scnc12)[C@@H]1CN2CCC1CC2. The molecule has 0 saturated carbocycles. The number of rotatable bonds is 2. The maximum absolute atomic E-state index is 12.6. The summed E-state index contributed by atoms with van der Waals surface area (Å²) < 4.78 is 1.12. The van der Waals surface area contributed by atoms with Gasteiger partial charge in [-0.05, 0) is 44.0 Å². The molecule has 0 unspecified atom stereocenters. The van der Waals surface area contributed by atoms with Crippen LogP contribution in [0.1, 0.15) is 12.8 Å². The van der Waals surface area contributed by atoms with E-state index in [9.17, 15) is 4.79 Å². The normalized spacial score (nSPS) is 28.7. The van der Waals surface area contributed by atoms with Crippen LogP contribution < -0.4 is 5.32 Å². The number of para-hydroxylation sites is 1. The third-order valence-corrected chi connectivity index (χ3v) is 5.41. The van der Waals surface area contributed by atoms with Crippen LogP contribution in [0.15, 0.2) is 23.7 Å². The Balaban J connectivity index is 1.57. The van der Waals surface area contributed by atoms with Gasteiger partial charge in [0.05, 0.1) is 21.8 Å². The number of anilines is 1. The second-order valence-corrected chi connectivity index (χ2v) is 6.62. The number of hydrogen-bond acceptors (Lipinski definition) is 4. The highest BCUT2D eigenvalue weighted by Crippen LogP contribution is 2.33. The van der Waals surface area contributed by atoms with Gasteiger partial charge in [-0.15, -0.1) is 11.3 Å². The molecule has 0 aliphatic carbocycles. The zero-order chi connectivity index (χ0) is 13.5. The molecule has 1 aromatic heterocycles. The van der Waals surface area contributed by atoms with Crippen molar-refractivity contribution in [3.05, 3.63) is 23.7 Å². The van der Waals surface area contributed by atoms with Gasteiger partial charge in [-0.2, -0.15) is 0 Å². The van der Waals surface area contributed by atoms with Crippen LogP contribution in [-0.2, 0) is 4.79 Å². The molecule has 4 heterocycles. The summed E-state index contributed by atoms with van der Waals surface area (Å²) >= 11 is 1.61. The summed E-state index contributed by atoms with van der Waals surface area (Å²) in [6.07, 6.45) is 2.33. The zero-order valence-electron chi connectivity index (χ0n) is 11.2. The molecule has 3 fully saturated rings. The molecular formula is C15H17N3OS. The van der Waals surface area contributed by atoms with E-state index < -0.39 is 0 Å². The van der Waals surface area contributed by atoms with E-state index in [-0.39, 0.29) is 11.8 Å². The van der Waals surface area contributed by atoms with Crippen molar-refractivity contribution in [2.75, 3.05) is 25.0 Å². The van der Waals surface area contributed by atoms with Crippen molar-refractivity contribution in [2.45, 2.75) is 12.8 Å². The Morgan fingerprint density at radius 3 is 2.95 bits per heavy atom. The van der Waals surface area contributed by atoms with Crippen LogP contribution in [0.3, 0.4) is 0 Å². The number of carbonyl (C=O) groups is 1. The molecule has 3 aliphatic rings. The molecule has 1 atom stereocenters. The van der Waals surface area contributed by atoms with Crippen molar-refractivity contribution < 1.29 is 4.79 Å². The van der Waals surface area contributed by atoms with E-state index in [4.69, 9.17) is 0 Å². The minimum atomic E-state index is 0.145. The summed E-state index contributed by atoms with van der Waals surface area (Å²) in [4.78, 5) is 19.3. The first-order valence-corrected chi connectivity index (χ1v) is 8.04. The summed E-state index contributed by atoms with van der Waals surface area (Å²) in [5.41, 5.74) is 3.59. The molecule has 1 amide bonds. The molecule has 2 bridgehead atoms. The van der Waals surface area contributed by atoms with Crippen molar-refractivity contribution in [3.8, 4) is 0 Å². The van der Waals surface area contributed by atoms with Crippen LogP contribution in [0, 0.1) is 11.8 Å². The number of aromatic nitrogens is 1. The lowest BCUT2D eigenvalue weighted by molar-refractivity contribution is -0.125. The largest absolute Gasteiger partial charge is 0.324 e. The maximum Gasteiger partial charge on any atom is 0.229 e. The number of amides is 1. The molecule has 1 aromatic carbocycles. The molecular weight excluding hydrogens is 270 g/mol. The van der Waals surface area contributed by atoms with Crippen LogP contribution in [-0.4, -0.2) is 35.4 Å². The molecule has 5 heteroatoms. The Morgan fingerprint density at radius 1 is 1.35 bits per heavy atom. The molecule has 0 spiro atoms. The van der Waals surface area contributed by atoms with Gasteiger partial charge < -0.3 is 10.2 Å². The topological polar surface area (TPSA) is 45.2 Å². The maximum atomic E-state index is 12.6. The van der Waals surface area contributed by atoms with Gasteiger partial charge in [0.2, 0.25) is 5.91 Å². The second-order valence-electron chi connectivity index (χ2n) is 5.74. The minimum Gasteiger partial charge on any atom is -0.324 e. The van der Waals surface area contributed by atoms with Crippen LogP contribution in [0.5, 0.6) is 0 Å². The summed E-state index contributed by atoms with van der Waals surface area (Å²) in [7, 11) is 0. The third kappa shape index (κ3) is 2.01. The number of benzene rings is 1. The van der Waals surface area contributed by atoms with E-state index in [0.29, 0.717) is 5.92 Å². The van der Waals surface area contributed by atoms with E-state index in [2.05, 4.69) is 15.2 Å². The first kappa shape index (κ1) is 12.3. The van der Waals surface area contributed by atoms with E-state index in [1.165, 1.54) is 12.8 Å². The fourth-order valence-corrected chi connectivity index (χ4v) is 4.18. The van der Waals surface area contributed by atoms with Gasteiger partial charge in [0.15, 0.2) is 0 Å². The average molecular weight is 287 g/mol. The molecule has 104 valence electrons. The number of thiazole rings is 1. The highest BCUT2D eigenvalue weighted by molar-refractivity contribution is 7.16. The molecule has 0 radical (unpaired) electrons. The zero-order valence-corrected chi connectivity index (χ0v) is 12.0. The van der Waals surface area contributed by atoms with Crippen molar-refractivity contribution >= 4 is 33.1 Å². The Hall–Kier alpha value is -1.46. The van der Waals surface area contributed by atoms with E-state index in [0.717, 1.165) is 35.5 Å². The predicted molar refractivity (Wildman–Crippen MR) is 80.9 cm³/mol. The number of nitrogens with zero attached hydrogens (tertiary/aromatic N) is 2. The van der Waals surface area contributed by atoms with Crippen LogP contribution in [0.25, 0.3) is 10.2 Å². The van der Waals surface area contributed by atoms with E-state index in [1.54, 1.807) is 11.3 Å². The highest BCUT2D eigenvalue weighted by Gasteiger charge is 2.38. The van der Waals surface area contributed by atoms with Crippen molar-refractivity contribution in [1.29, 1.82) is 0 Å². The Labute approximate surface area is 121 Å². The monoisotopic (exact) mass is 287 g/mol. The third-order valence-electron chi connectivity index (χ3n) is 4.61. The van der Waals surface area contributed by atoms with Gasteiger partial charge in [0.1, 0.15) is 5.52 Å². The smallest absolute Gasteiger partial charge is 0.229 e. The van der Waals surface area contributed by atoms with Gasteiger partial charge >= 0.3 is 0 Å². The number of nitrogens with one attached hydrogen (secondary N) is 1. The molecule has 20 heavy (non-hydrogen) atoms. The Morgan fingerprint density at radius 2 is 2.20 bits per heavy atom.